The Morgan fingerprint density at radius 3 is 2.33 bits per heavy atom. The highest BCUT2D eigenvalue weighted by Crippen LogP contribution is 2.22. The van der Waals surface area contributed by atoms with Crippen molar-refractivity contribution >= 4 is 16.7 Å². The number of nitrogens with zero attached hydrogens (tertiary/aromatic N) is 4. The minimum Gasteiger partial charge on any atom is -0.324 e. The number of alkyl halides is 3. The van der Waals surface area contributed by atoms with Crippen LogP contribution >= 0.6 is 0 Å². The van der Waals surface area contributed by atoms with E-state index in [1.165, 1.54) is 36.4 Å². The van der Waals surface area contributed by atoms with Gasteiger partial charge in [0.2, 0.25) is 0 Å². The van der Waals surface area contributed by atoms with Gasteiger partial charge in [0.05, 0.1) is 17.0 Å². The molecule has 2 aromatic carbocycles. The summed E-state index contributed by atoms with van der Waals surface area (Å²) in [6, 6.07) is 14.1. The molecule has 30 heavy (non-hydrogen) atoms. The molecular weight excluding hydrogens is 397 g/mol. The van der Waals surface area contributed by atoms with Crippen LogP contribution < -0.4 is 5.56 Å². The smallest absolute Gasteiger partial charge is 0.324 e. The van der Waals surface area contributed by atoms with Crippen molar-refractivity contribution in [3.63, 3.8) is 0 Å². The van der Waals surface area contributed by atoms with E-state index in [4.69, 9.17) is 5.26 Å². The second-order valence-corrected chi connectivity index (χ2v) is 6.60. The second kappa shape index (κ2) is 8.37. The summed E-state index contributed by atoms with van der Waals surface area (Å²) in [6.07, 6.45) is -4.63. The van der Waals surface area contributed by atoms with Crippen molar-refractivity contribution in [1.82, 2.24) is 14.7 Å². The van der Waals surface area contributed by atoms with Gasteiger partial charge < -0.3 is 4.90 Å². The molecule has 3 aromatic rings. The van der Waals surface area contributed by atoms with Gasteiger partial charge in [0.25, 0.3) is 11.5 Å². The zero-order valence-corrected chi connectivity index (χ0v) is 16.0. The fourth-order valence-electron chi connectivity index (χ4n) is 3.08. The number of fused-ring (bicyclic) bond motifs is 1. The molecule has 0 aliphatic rings. The van der Waals surface area contributed by atoms with Crippen LogP contribution in [0.3, 0.4) is 0 Å². The fraction of sp³-hybridized carbons (Fsp3) is 0.238. The molecule has 0 unspecified atom stereocenters. The molecule has 1 heterocycles. The fourth-order valence-corrected chi connectivity index (χ4v) is 3.08. The second-order valence-electron chi connectivity index (χ2n) is 6.60. The van der Waals surface area contributed by atoms with Crippen LogP contribution in [0.15, 0.2) is 53.3 Å². The largest absolute Gasteiger partial charge is 0.406 e. The van der Waals surface area contributed by atoms with Crippen molar-refractivity contribution in [1.29, 1.82) is 5.26 Å². The molecule has 3 rings (SSSR count). The number of rotatable bonds is 5. The first-order valence-electron chi connectivity index (χ1n) is 9.08. The van der Waals surface area contributed by atoms with Crippen LogP contribution in [0.2, 0.25) is 0 Å². The molecule has 0 spiro atoms. The number of carbonyl (C=O) groups is 1. The maximum absolute atomic E-state index is 13.2. The third-order valence-electron chi connectivity index (χ3n) is 4.48. The molecule has 0 saturated heterocycles. The lowest BCUT2D eigenvalue weighted by Crippen LogP contribution is -2.40. The summed E-state index contributed by atoms with van der Waals surface area (Å²) in [7, 11) is 0. The van der Waals surface area contributed by atoms with Gasteiger partial charge >= 0.3 is 6.18 Å². The Balaban J connectivity index is 2.07. The van der Waals surface area contributed by atoms with E-state index in [0.29, 0.717) is 16.0 Å². The zero-order chi connectivity index (χ0) is 21.9. The normalized spacial score (nSPS) is 11.3. The number of nitriles is 1. The molecule has 9 heteroatoms. The predicted octanol–water partition coefficient (Wildman–Crippen LogP) is 3.49. The number of aryl methyl sites for hydroxylation is 1. The van der Waals surface area contributed by atoms with E-state index in [0.717, 1.165) is 4.68 Å². The Kier molecular flexibility index (Phi) is 5.87. The third kappa shape index (κ3) is 4.49. The van der Waals surface area contributed by atoms with E-state index in [9.17, 15) is 22.8 Å². The highest BCUT2D eigenvalue weighted by Gasteiger charge is 2.34. The van der Waals surface area contributed by atoms with Gasteiger partial charge in [-0.05, 0) is 30.7 Å². The number of amides is 1. The monoisotopic (exact) mass is 414 g/mol. The SMILES string of the molecule is CCn1nc(C(=O)N(Cc2ccc(C#N)cc2)CC(F)(F)F)c2ccccc2c1=O. The molecule has 0 radical (unpaired) electrons. The van der Waals surface area contributed by atoms with E-state index in [-0.39, 0.29) is 29.6 Å². The molecule has 154 valence electrons. The molecule has 0 saturated carbocycles. The Bertz CT molecular complexity index is 1180. The number of hydrogen-bond donors (Lipinski definition) is 0. The average molecular weight is 414 g/mol. The standard InChI is InChI=1S/C21H17F3N4O2/c1-2-28-19(29)17-6-4-3-5-16(17)18(26-28)20(30)27(13-21(22,23)24)12-15-9-7-14(11-25)8-10-15/h3-10H,2,12-13H2,1H3. The van der Waals surface area contributed by atoms with Gasteiger partial charge in [-0.25, -0.2) is 4.68 Å². The van der Waals surface area contributed by atoms with Crippen LogP contribution in [0.25, 0.3) is 10.8 Å². The average Bonchev–Trinajstić information content (AvgIpc) is 2.73. The summed E-state index contributed by atoms with van der Waals surface area (Å²) in [6.45, 7) is 0.0128. The number of aromatic nitrogens is 2. The minimum atomic E-state index is -4.63. The Labute approximate surface area is 169 Å². The van der Waals surface area contributed by atoms with Gasteiger partial charge in [0.15, 0.2) is 5.69 Å². The van der Waals surface area contributed by atoms with E-state index < -0.39 is 24.2 Å². The van der Waals surface area contributed by atoms with E-state index >= 15 is 0 Å². The summed E-state index contributed by atoms with van der Waals surface area (Å²) < 4.78 is 40.7. The van der Waals surface area contributed by atoms with Gasteiger partial charge in [-0.2, -0.15) is 23.5 Å². The molecule has 0 bridgehead atoms. The van der Waals surface area contributed by atoms with Crippen molar-refractivity contribution in [3.8, 4) is 6.07 Å². The first kappa shape index (κ1) is 21.0. The van der Waals surface area contributed by atoms with Gasteiger partial charge in [0.1, 0.15) is 6.54 Å². The first-order chi connectivity index (χ1) is 14.2. The molecular formula is C21H17F3N4O2. The van der Waals surface area contributed by atoms with Crippen molar-refractivity contribution in [2.24, 2.45) is 0 Å². The first-order valence-corrected chi connectivity index (χ1v) is 9.08. The Morgan fingerprint density at radius 2 is 1.77 bits per heavy atom. The molecule has 0 atom stereocenters. The lowest BCUT2D eigenvalue weighted by Gasteiger charge is -2.24. The summed E-state index contributed by atoms with van der Waals surface area (Å²) >= 11 is 0. The minimum absolute atomic E-state index is 0.166. The van der Waals surface area contributed by atoms with Crippen LogP contribution in [0.5, 0.6) is 0 Å². The van der Waals surface area contributed by atoms with Crippen LogP contribution in [0, 0.1) is 11.3 Å². The summed E-state index contributed by atoms with van der Waals surface area (Å²) in [4.78, 5) is 26.2. The molecule has 0 aliphatic heterocycles. The summed E-state index contributed by atoms with van der Waals surface area (Å²) in [5, 5.41) is 13.3. The molecule has 1 amide bonds. The van der Waals surface area contributed by atoms with Gasteiger partial charge in [-0.15, -0.1) is 0 Å². The van der Waals surface area contributed by atoms with Crippen LogP contribution in [0.1, 0.15) is 28.5 Å². The van der Waals surface area contributed by atoms with Crippen LogP contribution in [-0.4, -0.2) is 33.3 Å². The third-order valence-corrected chi connectivity index (χ3v) is 4.48. The number of halogens is 3. The Morgan fingerprint density at radius 1 is 1.13 bits per heavy atom. The van der Waals surface area contributed by atoms with Crippen molar-refractivity contribution < 1.29 is 18.0 Å². The highest BCUT2D eigenvalue weighted by atomic mass is 19.4. The summed E-state index contributed by atoms with van der Waals surface area (Å²) in [5.41, 5.74) is 0.152. The molecule has 1 aromatic heterocycles. The maximum Gasteiger partial charge on any atom is 0.406 e. The van der Waals surface area contributed by atoms with Gasteiger partial charge in [-0.3, -0.25) is 9.59 Å². The molecule has 0 aliphatic carbocycles. The lowest BCUT2D eigenvalue weighted by atomic mass is 10.1. The van der Waals surface area contributed by atoms with E-state index in [1.807, 2.05) is 6.07 Å². The highest BCUT2D eigenvalue weighted by molar-refractivity contribution is 6.04. The van der Waals surface area contributed by atoms with E-state index in [1.54, 1.807) is 19.1 Å². The van der Waals surface area contributed by atoms with E-state index in [2.05, 4.69) is 5.10 Å². The number of benzene rings is 2. The predicted molar refractivity (Wildman–Crippen MR) is 104 cm³/mol. The molecule has 6 nitrogen and oxygen atoms in total. The lowest BCUT2D eigenvalue weighted by molar-refractivity contribution is -0.141. The number of carbonyl (C=O) groups excluding carboxylic acids is 1. The zero-order valence-electron chi connectivity index (χ0n) is 16.0. The van der Waals surface area contributed by atoms with Crippen molar-refractivity contribution in [3.05, 3.63) is 75.7 Å². The van der Waals surface area contributed by atoms with Gasteiger partial charge in [0, 0.05) is 18.5 Å². The summed E-state index contributed by atoms with van der Waals surface area (Å²) in [5.74, 6) is -0.935. The quantitative estimate of drug-likeness (QED) is 0.640. The topological polar surface area (TPSA) is 79.0 Å². The van der Waals surface area contributed by atoms with Crippen molar-refractivity contribution in [2.45, 2.75) is 26.2 Å². The Hall–Kier alpha value is -3.67. The van der Waals surface area contributed by atoms with Crippen LogP contribution in [-0.2, 0) is 13.1 Å². The molecule has 0 N–H and O–H groups in total. The number of hydrogen-bond acceptors (Lipinski definition) is 4. The van der Waals surface area contributed by atoms with Gasteiger partial charge in [-0.1, -0.05) is 30.3 Å². The molecule has 0 fully saturated rings. The van der Waals surface area contributed by atoms with Crippen molar-refractivity contribution in [2.75, 3.05) is 6.54 Å². The van der Waals surface area contributed by atoms with Crippen LogP contribution in [0.4, 0.5) is 13.2 Å². The maximum atomic E-state index is 13.2.